The van der Waals surface area contributed by atoms with Crippen LogP contribution in [0.4, 0.5) is 5.69 Å². The van der Waals surface area contributed by atoms with Crippen molar-refractivity contribution in [3.8, 4) is 0 Å². The Morgan fingerprint density at radius 1 is 1.44 bits per heavy atom. The number of benzene rings is 1. The predicted molar refractivity (Wildman–Crippen MR) is 77.3 cm³/mol. The van der Waals surface area contributed by atoms with E-state index in [-0.39, 0.29) is 6.04 Å². The van der Waals surface area contributed by atoms with E-state index in [0.717, 1.165) is 23.4 Å². The van der Waals surface area contributed by atoms with Gasteiger partial charge in [0.1, 0.15) is 0 Å². The number of fused-ring (bicyclic) bond motifs is 2. The second-order valence-corrected chi connectivity index (χ2v) is 6.35. The van der Waals surface area contributed by atoms with Crippen molar-refractivity contribution in [1.82, 2.24) is 0 Å². The number of piperidine rings is 1. The molecule has 98 valence electrons. The monoisotopic (exact) mass is 264 g/mol. The minimum atomic E-state index is 0.163. The third-order valence-corrected chi connectivity index (χ3v) is 4.67. The van der Waals surface area contributed by atoms with Gasteiger partial charge >= 0.3 is 0 Å². The third kappa shape index (κ3) is 2.24. The van der Waals surface area contributed by atoms with Gasteiger partial charge in [0.25, 0.3) is 0 Å². The van der Waals surface area contributed by atoms with Gasteiger partial charge in [0.2, 0.25) is 0 Å². The van der Waals surface area contributed by atoms with Crippen molar-refractivity contribution in [3.63, 3.8) is 0 Å². The minimum absolute atomic E-state index is 0.163. The topological polar surface area (TPSA) is 29.3 Å². The fourth-order valence-electron chi connectivity index (χ4n) is 3.47. The molecule has 1 aromatic rings. The highest BCUT2D eigenvalue weighted by Crippen LogP contribution is 2.40. The molecule has 2 nitrogen and oxygen atoms in total. The summed E-state index contributed by atoms with van der Waals surface area (Å²) in [5, 5.41) is 0.868. The summed E-state index contributed by atoms with van der Waals surface area (Å²) in [6.45, 7) is 3.23. The van der Waals surface area contributed by atoms with E-state index < -0.39 is 0 Å². The van der Waals surface area contributed by atoms with Gasteiger partial charge in [-0.15, -0.1) is 0 Å². The molecule has 2 N–H and O–H groups in total. The molecule has 2 aliphatic rings. The second kappa shape index (κ2) is 4.75. The highest BCUT2D eigenvalue weighted by Gasteiger charge is 2.37. The van der Waals surface area contributed by atoms with E-state index in [1.165, 1.54) is 37.1 Å². The summed E-state index contributed by atoms with van der Waals surface area (Å²) in [5.41, 5.74) is 8.29. The Bertz CT molecular complexity index is 444. The summed E-state index contributed by atoms with van der Waals surface area (Å²) in [6, 6.07) is 7.40. The predicted octanol–water partition coefficient (Wildman–Crippen LogP) is 3.22. The molecule has 1 aliphatic carbocycles. The van der Waals surface area contributed by atoms with Gasteiger partial charge in [-0.3, -0.25) is 0 Å². The molecular weight excluding hydrogens is 244 g/mol. The molecule has 0 radical (unpaired) electrons. The molecule has 0 amide bonds. The molecule has 1 aromatic carbocycles. The lowest BCUT2D eigenvalue weighted by molar-refractivity contribution is 0.553. The summed E-state index contributed by atoms with van der Waals surface area (Å²) in [5.74, 6) is 0.914. The lowest BCUT2D eigenvalue weighted by atomic mass is 10.1. The molecule has 0 spiro atoms. The van der Waals surface area contributed by atoms with Crippen LogP contribution in [-0.2, 0) is 6.42 Å². The average molecular weight is 265 g/mol. The molecule has 1 saturated carbocycles. The number of anilines is 1. The molecule has 3 rings (SSSR count). The highest BCUT2D eigenvalue weighted by molar-refractivity contribution is 6.31. The fourth-order valence-corrected chi connectivity index (χ4v) is 3.72. The number of nitrogens with zero attached hydrogens (tertiary/aromatic N) is 1. The highest BCUT2D eigenvalue weighted by atomic mass is 35.5. The van der Waals surface area contributed by atoms with E-state index >= 15 is 0 Å². The first-order valence-electron chi connectivity index (χ1n) is 6.94. The van der Waals surface area contributed by atoms with E-state index in [0.29, 0.717) is 0 Å². The number of halogens is 1. The zero-order valence-electron chi connectivity index (χ0n) is 10.9. The first-order valence-corrected chi connectivity index (χ1v) is 7.32. The van der Waals surface area contributed by atoms with Crippen LogP contribution in [0.2, 0.25) is 5.02 Å². The van der Waals surface area contributed by atoms with Crippen LogP contribution in [0.15, 0.2) is 18.2 Å². The van der Waals surface area contributed by atoms with E-state index in [1.54, 1.807) is 0 Å². The van der Waals surface area contributed by atoms with E-state index in [9.17, 15) is 0 Å². The Morgan fingerprint density at radius 2 is 2.28 bits per heavy atom. The fraction of sp³-hybridized carbons (Fsp3) is 0.600. The maximum Gasteiger partial charge on any atom is 0.0459 e. The largest absolute Gasteiger partial charge is 0.368 e. The zero-order valence-corrected chi connectivity index (χ0v) is 11.7. The molecular formula is C15H21ClN2. The average Bonchev–Trinajstić information content (AvgIpc) is 2.93. The third-order valence-electron chi connectivity index (χ3n) is 4.32. The van der Waals surface area contributed by atoms with E-state index in [1.807, 2.05) is 6.92 Å². The molecule has 2 bridgehead atoms. The Balaban J connectivity index is 1.80. The first-order chi connectivity index (χ1) is 8.63. The second-order valence-electron chi connectivity index (χ2n) is 5.94. The molecule has 3 heteroatoms. The van der Waals surface area contributed by atoms with Gasteiger partial charge in [-0.05, 0) is 56.2 Å². The van der Waals surface area contributed by atoms with Gasteiger partial charge in [-0.25, -0.2) is 0 Å². The van der Waals surface area contributed by atoms with E-state index in [4.69, 9.17) is 17.3 Å². The lowest BCUT2D eigenvalue weighted by Crippen LogP contribution is -2.31. The van der Waals surface area contributed by atoms with Crippen LogP contribution in [-0.4, -0.2) is 18.6 Å². The van der Waals surface area contributed by atoms with Gasteiger partial charge in [0.15, 0.2) is 0 Å². The Labute approximate surface area is 114 Å². The van der Waals surface area contributed by atoms with Crippen LogP contribution in [0.1, 0.15) is 31.7 Å². The van der Waals surface area contributed by atoms with Crippen molar-refractivity contribution >= 4 is 17.3 Å². The van der Waals surface area contributed by atoms with Crippen molar-refractivity contribution in [3.05, 3.63) is 28.8 Å². The number of rotatable bonds is 3. The van der Waals surface area contributed by atoms with Gasteiger partial charge in [0, 0.05) is 29.3 Å². The van der Waals surface area contributed by atoms with Crippen LogP contribution in [0, 0.1) is 5.92 Å². The number of hydrogen-bond donors (Lipinski definition) is 1. The maximum atomic E-state index is 6.37. The van der Waals surface area contributed by atoms with Crippen molar-refractivity contribution in [1.29, 1.82) is 0 Å². The normalized spacial score (nSPS) is 27.8. The van der Waals surface area contributed by atoms with Gasteiger partial charge in [0.05, 0.1) is 0 Å². The standard InChI is InChI=1S/C15H21ClN2/c1-10(17)6-12-3-5-14(8-15(12)16)18-9-11-2-4-13(18)7-11/h3,5,8,10-11,13H,2,4,6-7,9,17H2,1H3. The van der Waals surface area contributed by atoms with E-state index in [2.05, 4.69) is 23.1 Å². The van der Waals surface area contributed by atoms with Crippen LogP contribution < -0.4 is 10.6 Å². The van der Waals surface area contributed by atoms with Crippen molar-refractivity contribution in [2.45, 2.75) is 44.7 Å². The molecule has 3 unspecified atom stereocenters. The molecule has 18 heavy (non-hydrogen) atoms. The first kappa shape index (κ1) is 12.3. The Morgan fingerprint density at radius 3 is 2.83 bits per heavy atom. The van der Waals surface area contributed by atoms with Crippen molar-refractivity contribution in [2.75, 3.05) is 11.4 Å². The molecule has 1 heterocycles. The SMILES string of the molecule is CC(N)Cc1ccc(N2CC3CCC2C3)cc1Cl. The summed E-state index contributed by atoms with van der Waals surface area (Å²) >= 11 is 6.37. The van der Waals surface area contributed by atoms with Crippen LogP contribution in [0.3, 0.4) is 0 Å². The molecule has 2 fully saturated rings. The van der Waals surface area contributed by atoms with Crippen molar-refractivity contribution in [2.24, 2.45) is 11.7 Å². The smallest absolute Gasteiger partial charge is 0.0459 e. The number of nitrogens with two attached hydrogens (primary N) is 1. The Hall–Kier alpha value is -0.730. The Kier molecular flexibility index (Phi) is 3.25. The van der Waals surface area contributed by atoms with Gasteiger partial charge < -0.3 is 10.6 Å². The summed E-state index contributed by atoms with van der Waals surface area (Å²) in [6.07, 6.45) is 4.99. The van der Waals surface area contributed by atoms with Gasteiger partial charge in [-0.1, -0.05) is 17.7 Å². The molecule has 1 saturated heterocycles. The minimum Gasteiger partial charge on any atom is -0.368 e. The van der Waals surface area contributed by atoms with Crippen LogP contribution in [0.25, 0.3) is 0 Å². The molecule has 0 aromatic heterocycles. The number of hydrogen-bond acceptors (Lipinski definition) is 2. The quantitative estimate of drug-likeness (QED) is 0.908. The lowest BCUT2D eigenvalue weighted by Gasteiger charge is -2.29. The summed E-state index contributed by atoms with van der Waals surface area (Å²) in [4.78, 5) is 2.54. The molecule has 1 aliphatic heterocycles. The van der Waals surface area contributed by atoms with Gasteiger partial charge in [-0.2, -0.15) is 0 Å². The summed E-state index contributed by atoms with van der Waals surface area (Å²) in [7, 11) is 0. The van der Waals surface area contributed by atoms with Crippen LogP contribution >= 0.6 is 11.6 Å². The summed E-state index contributed by atoms with van der Waals surface area (Å²) < 4.78 is 0. The maximum absolute atomic E-state index is 6.37. The van der Waals surface area contributed by atoms with Crippen LogP contribution in [0.5, 0.6) is 0 Å². The zero-order chi connectivity index (χ0) is 12.7. The molecule has 3 atom stereocenters. The van der Waals surface area contributed by atoms with Crippen molar-refractivity contribution < 1.29 is 0 Å².